The first kappa shape index (κ1) is 9.74. The predicted octanol–water partition coefficient (Wildman–Crippen LogP) is 1.05. The van der Waals surface area contributed by atoms with Crippen molar-refractivity contribution in [3.63, 3.8) is 0 Å². The van der Waals surface area contributed by atoms with Crippen LogP contribution in [0.15, 0.2) is 18.2 Å². The Kier molecular flexibility index (Phi) is 3.46. The van der Waals surface area contributed by atoms with Gasteiger partial charge >= 0.3 is 0 Å². The van der Waals surface area contributed by atoms with Gasteiger partial charge in [-0.25, -0.2) is 5.43 Å². The maximum absolute atomic E-state index is 9.96. The van der Waals surface area contributed by atoms with E-state index in [4.69, 9.17) is 0 Å². The molecular weight excluding hydrogens is 164 g/mol. The number of amides is 1. The van der Waals surface area contributed by atoms with Crippen LogP contribution in [0, 0.1) is 13.8 Å². The maximum atomic E-state index is 9.96. The number of hydrazine groups is 1. The molecule has 0 saturated carbocycles. The minimum Gasteiger partial charge on any atom is -0.294 e. The third-order valence-corrected chi connectivity index (χ3v) is 1.73. The Bertz CT molecular complexity index is 277. The molecule has 0 aromatic heterocycles. The van der Waals surface area contributed by atoms with E-state index in [9.17, 15) is 4.79 Å². The fraction of sp³-hybridized carbons (Fsp3) is 0.300. The van der Waals surface area contributed by atoms with Gasteiger partial charge in [0.25, 0.3) is 0 Å². The fourth-order valence-electron chi connectivity index (χ4n) is 1.37. The van der Waals surface area contributed by atoms with Gasteiger partial charge in [0.1, 0.15) is 0 Å². The number of aryl methyl sites for hydroxylation is 2. The molecule has 0 spiro atoms. The summed E-state index contributed by atoms with van der Waals surface area (Å²) in [4.78, 5) is 9.96. The zero-order valence-corrected chi connectivity index (χ0v) is 7.92. The number of benzene rings is 1. The molecule has 3 nitrogen and oxygen atoms in total. The summed E-state index contributed by atoms with van der Waals surface area (Å²) in [5.74, 6) is 0. The van der Waals surface area contributed by atoms with Gasteiger partial charge in [0.15, 0.2) is 0 Å². The Morgan fingerprint density at radius 2 is 1.85 bits per heavy atom. The maximum Gasteiger partial charge on any atom is 0.221 e. The predicted molar refractivity (Wildman–Crippen MR) is 52.0 cm³/mol. The van der Waals surface area contributed by atoms with Gasteiger partial charge in [-0.15, -0.1) is 0 Å². The van der Waals surface area contributed by atoms with Crippen molar-refractivity contribution in [2.45, 2.75) is 20.4 Å². The third kappa shape index (κ3) is 3.25. The van der Waals surface area contributed by atoms with Crippen molar-refractivity contribution >= 4 is 6.41 Å². The van der Waals surface area contributed by atoms with Crippen LogP contribution in [0.2, 0.25) is 0 Å². The summed E-state index contributed by atoms with van der Waals surface area (Å²) >= 11 is 0. The molecule has 0 atom stereocenters. The highest BCUT2D eigenvalue weighted by Gasteiger charge is 1.94. The molecule has 0 aliphatic heterocycles. The van der Waals surface area contributed by atoms with Gasteiger partial charge in [-0.1, -0.05) is 29.3 Å². The standard InChI is InChI=1S/C10H14N2O/c1-8-3-9(2)5-10(4-8)6-11-12-7-13/h3-5,7,11H,6H2,1-2H3,(H,12,13). The van der Waals surface area contributed by atoms with Crippen LogP contribution in [0.25, 0.3) is 0 Å². The van der Waals surface area contributed by atoms with E-state index in [2.05, 4.69) is 42.9 Å². The number of carbonyl (C=O) groups is 1. The van der Waals surface area contributed by atoms with Crippen LogP contribution >= 0.6 is 0 Å². The Morgan fingerprint density at radius 1 is 1.23 bits per heavy atom. The number of rotatable bonds is 4. The molecule has 0 bridgehead atoms. The molecule has 1 aromatic rings. The van der Waals surface area contributed by atoms with Gasteiger partial charge in [0, 0.05) is 6.54 Å². The topological polar surface area (TPSA) is 41.1 Å². The van der Waals surface area contributed by atoms with E-state index in [1.54, 1.807) is 0 Å². The summed E-state index contributed by atoms with van der Waals surface area (Å²) in [5, 5.41) is 0. The molecule has 0 fully saturated rings. The second-order valence-corrected chi connectivity index (χ2v) is 3.11. The first-order chi connectivity index (χ1) is 6.22. The van der Waals surface area contributed by atoms with Gasteiger partial charge in [-0.2, -0.15) is 0 Å². The molecule has 1 aromatic carbocycles. The van der Waals surface area contributed by atoms with Crippen molar-refractivity contribution in [2.75, 3.05) is 0 Å². The molecule has 0 aliphatic rings. The second kappa shape index (κ2) is 4.62. The van der Waals surface area contributed by atoms with Crippen LogP contribution in [0.4, 0.5) is 0 Å². The summed E-state index contributed by atoms with van der Waals surface area (Å²) in [5.41, 5.74) is 8.84. The van der Waals surface area contributed by atoms with Crippen LogP contribution in [0.1, 0.15) is 16.7 Å². The first-order valence-electron chi connectivity index (χ1n) is 4.21. The molecule has 0 radical (unpaired) electrons. The van der Waals surface area contributed by atoms with Gasteiger partial charge < -0.3 is 0 Å². The summed E-state index contributed by atoms with van der Waals surface area (Å²) in [7, 11) is 0. The molecule has 0 saturated heterocycles. The highest BCUT2D eigenvalue weighted by atomic mass is 16.1. The monoisotopic (exact) mass is 178 g/mol. The summed E-state index contributed by atoms with van der Waals surface area (Å²) in [6.07, 6.45) is 0.628. The molecular formula is C10H14N2O. The quantitative estimate of drug-likeness (QED) is 0.411. The molecule has 0 heterocycles. The molecule has 70 valence electrons. The van der Waals surface area contributed by atoms with Crippen LogP contribution < -0.4 is 10.9 Å². The third-order valence-electron chi connectivity index (χ3n) is 1.73. The average molecular weight is 178 g/mol. The van der Waals surface area contributed by atoms with E-state index >= 15 is 0 Å². The van der Waals surface area contributed by atoms with Gasteiger partial charge in [-0.3, -0.25) is 10.2 Å². The molecule has 0 unspecified atom stereocenters. The average Bonchev–Trinajstić information content (AvgIpc) is 2.03. The van der Waals surface area contributed by atoms with E-state index in [1.165, 1.54) is 16.7 Å². The molecule has 2 N–H and O–H groups in total. The zero-order valence-electron chi connectivity index (χ0n) is 7.92. The van der Waals surface area contributed by atoms with Crippen LogP contribution in [0.5, 0.6) is 0 Å². The van der Waals surface area contributed by atoms with Gasteiger partial charge in [0.05, 0.1) is 0 Å². The van der Waals surface area contributed by atoms with Crippen molar-refractivity contribution in [2.24, 2.45) is 0 Å². The van der Waals surface area contributed by atoms with Crippen molar-refractivity contribution in [1.29, 1.82) is 0 Å². The Hall–Kier alpha value is -1.35. The molecule has 0 aliphatic carbocycles. The molecule has 1 amide bonds. The lowest BCUT2D eigenvalue weighted by Crippen LogP contribution is -2.29. The number of hydrogen-bond acceptors (Lipinski definition) is 2. The Balaban J connectivity index is 2.60. The normalized spacial score (nSPS) is 9.69. The van der Waals surface area contributed by atoms with E-state index in [0.717, 1.165) is 0 Å². The zero-order chi connectivity index (χ0) is 9.68. The number of hydrogen-bond donors (Lipinski definition) is 2. The van der Waals surface area contributed by atoms with Crippen molar-refractivity contribution < 1.29 is 4.79 Å². The Morgan fingerprint density at radius 3 is 2.38 bits per heavy atom. The van der Waals surface area contributed by atoms with E-state index < -0.39 is 0 Å². The van der Waals surface area contributed by atoms with Gasteiger partial charge in [0.2, 0.25) is 6.41 Å². The summed E-state index contributed by atoms with van der Waals surface area (Å²) in [6, 6.07) is 6.30. The minimum absolute atomic E-state index is 0.628. The summed E-state index contributed by atoms with van der Waals surface area (Å²) < 4.78 is 0. The second-order valence-electron chi connectivity index (χ2n) is 3.11. The number of carbonyl (C=O) groups excluding carboxylic acids is 1. The molecule has 13 heavy (non-hydrogen) atoms. The highest BCUT2D eigenvalue weighted by Crippen LogP contribution is 2.07. The van der Waals surface area contributed by atoms with E-state index in [0.29, 0.717) is 13.0 Å². The minimum atomic E-state index is 0.628. The van der Waals surface area contributed by atoms with Crippen molar-refractivity contribution in [3.05, 3.63) is 34.9 Å². The van der Waals surface area contributed by atoms with E-state index in [-0.39, 0.29) is 0 Å². The molecule has 3 heteroatoms. The van der Waals surface area contributed by atoms with Crippen molar-refractivity contribution in [1.82, 2.24) is 10.9 Å². The van der Waals surface area contributed by atoms with Crippen LogP contribution in [-0.4, -0.2) is 6.41 Å². The summed E-state index contributed by atoms with van der Waals surface area (Å²) in [6.45, 7) is 4.77. The smallest absolute Gasteiger partial charge is 0.221 e. The first-order valence-corrected chi connectivity index (χ1v) is 4.21. The lowest BCUT2D eigenvalue weighted by molar-refractivity contribution is -0.110. The lowest BCUT2D eigenvalue weighted by Gasteiger charge is -2.05. The largest absolute Gasteiger partial charge is 0.294 e. The molecule has 1 rings (SSSR count). The van der Waals surface area contributed by atoms with Gasteiger partial charge in [-0.05, 0) is 19.4 Å². The van der Waals surface area contributed by atoms with Crippen LogP contribution in [0.3, 0.4) is 0 Å². The van der Waals surface area contributed by atoms with E-state index in [1.807, 2.05) is 0 Å². The SMILES string of the molecule is Cc1cc(C)cc(CNNC=O)c1. The van der Waals surface area contributed by atoms with Crippen LogP contribution in [-0.2, 0) is 11.3 Å². The number of nitrogens with one attached hydrogen (secondary N) is 2. The highest BCUT2D eigenvalue weighted by molar-refractivity contribution is 5.44. The lowest BCUT2D eigenvalue weighted by atomic mass is 10.1. The van der Waals surface area contributed by atoms with Crippen molar-refractivity contribution in [3.8, 4) is 0 Å². The Labute approximate surface area is 78.1 Å². The fourth-order valence-corrected chi connectivity index (χ4v) is 1.37.